The van der Waals surface area contributed by atoms with Crippen LogP contribution in [0.5, 0.6) is 0 Å². The summed E-state index contributed by atoms with van der Waals surface area (Å²) in [5.41, 5.74) is 3.91. The predicted molar refractivity (Wildman–Crippen MR) is 95.2 cm³/mol. The number of rotatable bonds is 4. The first-order chi connectivity index (χ1) is 11.8. The van der Waals surface area contributed by atoms with E-state index < -0.39 is 0 Å². The van der Waals surface area contributed by atoms with Crippen LogP contribution in [0.4, 0.5) is 5.82 Å². The maximum absolute atomic E-state index is 4.65. The zero-order valence-electron chi connectivity index (χ0n) is 13.3. The summed E-state index contributed by atoms with van der Waals surface area (Å²) < 4.78 is 1.86. The van der Waals surface area contributed by atoms with Crippen molar-refractivity contribution in [2.24, 2.45) is 0 Å². The Morgan fingerprint density at radius 3 is 2.38 bits per heavy atom. The molecule has 2 heterocycles. The lowest BCUT2D eigenvalue weighted by atomic mass is 10.2. The predicted octanol–water partition coefficient (Wildman–Crippen LogP) is 3.74. The Bertz CT molecular complexity index is 961. The molecule has 0 radical (unpaired) electrons. The van der Waals surface area contributed by atoms with Crippen molar-refractivity contribution in [1.29, 1.82) is 0 Å². The summed E-state index contributed by atoms with van der Waals surface area (Å²) in [4.78, 5) is 8.86. The number of fused-ring (bicyclic) bond motifs is 1. The summed E-state index contributed by atoms with van der Waals surface area (Å²) in [6.07, 6.45) is 1.58. The molecule has 0 aliphatic rings. The zero-order valence-corrected chi connectivity index (χ0v) is 13.3. The van der Waals surface area contributed by atoms with E-state index in [1.54, 1.807) is 6.33 Å². The minimum atomic E-state index is 0.711. The molecule has 5 nitrogen and oxygen atoms in total. The van der Waals surface area contributed by atoms with Crippen molar-refractivity contribution in [2.75, 3.05) is 5.32 Å². The second-order valence-corrected chi connectivity index (χ2v) is 5.59. The number of nitrogens with one attached hydrogen (secondary N) is 1. The zero-order chi connectivity index (χ0) is 16.4. The number of benzene rings is 2. The fourth-order valence-electron chi connectivity index (χ4n) is 2.78. The molecule has 24 heavy (non-hydrogen) atoms. The van der Waals surface area contributed by atoms with E-state index in [4.69, 9.17) is 0 Å². The van der Waals surface area contributed by atoms with E-state index in [1.165, 1.54) is 5.56 Å². The van der Waals surface area contributed by atoms with Gasteiger partial charge in [-0.1, -0.05) is 48.5 Å². The molecule has 1 N–H and O–H groups in total. The lowest BCUT2D eigenvalue weighted by Gasteiger charge is -2.07. The topological polar surface area (TPSA) is 55.6 Å². The highest BCUT2D eigenvalue weighted by molar-refractivity contribution is 5.90. The molecule has 0 saturated heterocycles. The number of hydrogen-bond acceptors (Lipinski definition) is 4. The van der Waals surface area contributed by atoms with Gasteiger partial charge in [-0.15, -0.1) is 0 Å². The Balaban J connectivity index is 1.74. The van der Waals surface area contributed by atoms with Gasteiger partial charge in [-0.3, -0.25) is 0 Å². The smallest absolute Gasteiger partial charge is 0.168 e. The van der Waals surface area contributed by atoms with Crippen LogP contribution in [0.2, 0.25) is 0 Å². The Labute approximate surface area is 140 Å². The van der Waals surface area contributed by atoms with E-state index in [0.29, 0.717) is 6.54 Å². The maximum atomic E-state index is 4.65. The number of nitrogens with zero attached hydrogens (tertiary/aromatic N) is 4. The summed E-state index contributed by atoms with van der Waals surface area (Å²) >= 11 is 0. The van der Waals surface area contributed by atoms with Crippen molar-refractivity contribution in [3.63, 3.8) is 0 Å². The molecular weight excluding hydrogens is 298 g/mol. The fraction of sp³-hybridized carbons (Fsp3) is 0.105. The molecule has 0 saturated carbocycles. The van der Waals surface area contributed by atoms with Gasteiger partial charge in [0, 0.05) is 6.54 Å². The highest BCUT2D eigenvalue weighted by Gasteiger charge is 2.14. The van der Waals surface area contributed by atoms with Gasteiger partial charge in [0.05, 0.1) is 16.8 Å². The van der Waals surface area contributed by atoms with Gasteiger partial charge in [0.1, 0.15) is 12.1 Å². The molecule has 118 valence electrons. The highest BCUT2D eigenvalue weighted by Crippen LogP contribution is 2.25. The van der Waals surface area contributed by atoms with Crippen LogP contribution in [0.25, 0.3) is 16.7 Å². The van der Waals surface area contributed by atoms with Crippen LogP contribution >= 0.6 is 0 Å². The quantitative estimate of drug-likeness (QED) is 0.623. The first-order valence-corrected chi connectivity index (χ1v) is 7.86. The van der Waals surface area contributed by atoms with Crippen LogP contribution in [0, 0.1) is 6.92 Å². The van der Waals surface area contributed by atoms with Crippen LogP contribution < -0.4 is 5.32 Å². The molecule has 2 aromatic carbocycles. The third kappa shape index (κ3) is 2.60. The third-order valence-electron chi connectivity index (χ3n) is 3.94. The lowest BCUT2D eigenvalue weighted by molar-refractivity contribution is 0.876. The molecule has 4 aromatic rings. The Kier molecular flexibility index (Phi) is 3.67. The molecule has 0 fully saturated rings. The van der Waals surface area contributed by atoms with Crippen LogP contribution in [-0.4, -0.2) is 19.7 Å². The molecule has 0 bridgehead atoms. The summed E-state index contributed by atoms with van der Waals surface area (Å²) in [7, 11) is 0. The first-order valence-electron chi connectivity index (χ1n) is 7.86. The molecule has 0 spiro atoms. The molecular formula is C19H17N5. The van der Waals surface area contributed by atoms with E-state index in [2.05, 4.69) is 32.5 Å². The van der Waals surface area contributed by atoms with Gasteiger partial charge in [0.15, 0.2) is 5.65 Å². The number of para-hydroxylation sites is 1. The Hall–Kier alpha value is -3.21. The fourth-order valence-corrected chi connectivity index (χ4v) is 2.78. The molecule has 2 aromatic heterocycles. The van der Waals surface area contributed by atoms with Crippen molar-refractivity contribution in [2.45, 2.75) is 13.5 Å². The van der Waals surface area contributed by atoms with Crippen LogP contribution in [0.15, 0.2) is 67.0 Å². The molecule has 4 rings (SSSR count). The second-order valence-electron chi connectivity index (χ2n) is 5.59. The molecule has 0 amide bonds. The monoisotopic (exact) mass is 315 g/mol. The van der Waals surface area contributed by atoms with Crippen LogP contribution in [0.3, 0.4) is 0 Å². The van der Waals surface area contributed by atoms with Gasteiger partial charge < -0.3 is 5.32 Å². The Morgan fingerprint density at radius 2 is 1.62 bits per heavy atom. The Morgan fingerprint density at radius 1 is 0.917 bits per heavy atom. The summed E-state index contributed by atoms with van der Waals surface area (Å²) in [6.45, 7) is 2.70. The van der Waals surface area contributed by atoms with E-state index in [-0.39, 0.29) is 0 Å². The molecule has 5 heteroatoms. The van der Waals surface area contributed by atoms with E-state index in [9.17, 15) is 0 Å². The number of aryl methyl sites for hydroxylation is 1. The largest absolute Gasteiger partial charge is 0.365 e. The molecule has 0 unspecified atom stereocenters. The average molecular weight is 315 g/mol. The summed E-state index contributed by atoms with van der Waals surface area (Å²) in [6, 6.07) is 20.3. The third-order valence-corrected chi connectivity index (χ3v) is 3.94. The second kappa shape index (κ2) is 6.12. The normalized spacial score (nSPS) is 10.9. The van der Waals surface area contributed by atoms with Gasteiger partial charge in [-0.05, 0) is 24.6 Å². The average Bonchev–Trinajstić information content (AvgIpc) is 2.99. The first kappa shape index (κ1) is 14.4. The van der Waals surface area contributed by atoms with E-state index in [0.717, 1.165) is 28.2 Å². The molecule has 0 atom stereocenters. The minimum Gasteiger partial charge on any atom is -0.365 e. The van der Waals surface area contributed by atoms with Gasteiger partial charge in [0.2, 0.25) is 0 Å². The summed E-state index contributed by atoms with van der Waals surface area (Å²) in [5.74, 6) is 0.809. The summed E-state index contributed by atoms with van der Waals surface area (Å²) in [5, 5.41) is 9.01. The standard InChI is InChI=1S/C19H17N5/c1-14-17-18(20-12-15-8-4-2-5-9-15)21-13-22-19(17)24(23-14)16-10-6-3-7-11-16/h2-11,13H,12H2,1H3,(H,20,21,22). The van der Waals surface area contributed by atoms with Gasteiger partial charge in [0.25, 0.3) is 0 Å². The minimum absolute atomic E-state index is 0.711. The molecule has 0 aliphatic heterocycles. The lowest BCUT2D eigenvalue weighted by Crippen LogP contribution is -2.03. The number of hydrogen-bond donors (Lipinski definition) is 1. The van der Waals surface area contributed by atoms with Crippen LogP contribution in [0.1, 0.15) is 11.3 Å². The van der Waals surface area contributed by atoms with Crippen molar-refractivity contribution in [3.05, 3.63) is 78.2 Å². The number of anilines is 1. The van der Waals surface area contributed by atoms with E-state index >= 15 is 0 Å². The maximum Gasteiger partial charge on any atom is 0.168 e. The van der Waals surface area contributed by atoms with Crippen molar-refractivity contribution >= 4 is 16.9 Å². The van der Waals surface area contributed by atoms with Gasteiger partial charge >= 0.3 is 0 Å². The molecule has 0 aliphatic carbocycles. The van der Waals surface area contributed by atoms with Gasteiger partial charge in [-0.25, -0.2) is 14.6 Å². The number of aromatic nitrogens is 4. The SMILES string of the molecule is Cc1nn(-c2ccccc2)c2ncnc(NCc3ccccc3)c12. The van der Waals surface area contributed by atoms with Crippen LogP contribution in [-0.2, 0) is 6.54 Å². The van der Waals surface area contributed by atoms with Crippen molar-refractivity contribution in [3.8, 4) is 5.69 Å². The van der Waals surface area contributed by atoms with Crippen molar-refractivity contribution < 1.29 is 0 Å². The highest BCUT2D eigenvalue weighted by atomic mass is 15.3. The van der Waals surface area contributed by atoms with Gasteiger partial charge in [-0.2, -0.15) is 5.10 Å². The van der Waals surface area contributed by atoms with Crippen molar-refractivity contribution in [1.82, 2.24) is 19.7 Å². The van der Waals surface area contributed by atoms with E-state index in [1.807, 2.05) is 60.1 Å².